The van der Waals surface area contributed by atoms with Crippen LogP contribution < -0.4 is 9.80 Å². The summed E-state index contributed by atoms with van der Waals surface area (Å²) in [6.07, 6.45) is 0. The van der Waals surface area contributed by atoms with Crippen LogP contribution in [-0.4, -0.2) is 31.0 Å². The number of carbonyl (C=O) groups is 1. The lowest BCUT2D eigenvalue weighted by atomic mass is 10.0. The normalized spacial score (nSPS) is 12.0. The van der Waals surface area contributed by atoms with E-state index in [1.807, 2.05) is 48.5 Å². The molecule has 0 aliphatic rings. The molecular formula is C23H32N2O. The second-order valence-electron chi connectivity index (χ2n) is 8.88. The van der Waals surface area contributed by atoms with Gasteiger partial charge in [0.1, 0.15) is 0 Å². The summed E-state index contributed by atoms with van der Waals surface area (Å²) in [6.45, 7) is 13.0. The highest BCUT2D eigenvalue weighted by molar-refractivity contribution is 6.09. The highest BCUT2D eigenvalue weighted by Gasteiger charge is 2.19. The summed E-state index contributed by atoms with van der Waals surface area (Å²) in [5.74, 6) is 0.0555. The molecule has 26 heavy (non-hydrogen) atoms. The fourth-order valence-electron chi connectivity index (χ4n) is 2.61. The summed E-state index contributed by atoms with van der Waals surface area (Å²) < 4.78 is 0. The highest BCUT2D eigenvalue weighted by atomic mass is 16.1. The molecule has 0 amide bonds. The Hall–Kier alpha value is -2.29. The Bertz CT molecular complexity index is 681. The molecule has 2 aromatic carbocycles. The second-order valence-corrected chi connectivity index (χ2v) is 8.88. The Balaban J connectivity index is 2.19. The van der Waals surface area contributed by atoms with Gasteiger partial charge in [-0.05, 0) is 90.1 Å². The lowest BCUT2D eigenvalue weighted by molar-refractivity contribution is 0.103. The average molecular weight is 353 g/mol. The molecule has 3 nitrogen and oxygen atoms in total. The van der Waals surface area contributed by atoms with Gasteiger partial charge in [-0.15, -0.1) is 0 Å². The Morgan fingerprint density at radius 2 is 0.885 bits per heavy atom. The van der Waals surface area contributed by atoms with E-state index in [1.165, 1.54) is 0 Å². The molecule has 140 valence electrons. The van der Waals surface area contributed by atoms with Gasteiger partial charge in [-0.25, -0.2) is 0 Å². The third-order valence-electron chi connectivity index (χ3n) is 5.05. The summed E-state index contributed by atoms with van der Waals surface area (Å²) >= 11 is 0. The lowest BCUT2D eigenvalue weighted by Gasteiger charge is -2.34. The molecule has 0 atom stereocenters. The van der Waals surface area contributed by atoms with Crippen LogP contribution in [0.4, 0.5) is 11.4 Å². The molecule has 0 unspecified atom stereocenters. The number of ketones is 1. The van der Waals surface area contributed by atoms with Crippen molar-refractivity contribution in [3.8, 4) is 0 Å². The molecule has 0 radical (unpaired) electrons. The van der Waals surface area contributed by atoms with Crippen LogP contribution in [0.1, 0.15) is 57.5 Å². The van der Waals surface area contributed by atoms with E-state index in [9.17, 15) is 4.79 Å². The summed E-state index contributed by atoms with van der Waals surface area (Å²) in [4.78, 5) is 17.2. The fourth-order valence-corrected chi connectivity index (χ4v) is 2.61. The van der Waals surface area contributed by atoms with Crippen molar-refractivity contribution in [2.75, 3.05) is 23.9 Å². The predicted octanol–water partition coefficient (Wildman–Crippen LogP) is 5.39. The molecule has 0 aromatic heterocycles. The van der Waals surface area contributed by atoms with Crippen molar-refractivity contribution in [2.45, 2.75) is 52.6 Å². The number of anilines is 2. The van der Waals surface area contributed by atoms with E-state index < -0.39 is 0 Å². The fraction of sp³-hybridized carbons (Fsp3) is 0.435. The monoisotopic (exact) mass is 352 g/mol. The quantitative estimate of drug-likeness (QED) is 0.690. The zero-order valence-electron chi connectivity index (χ0n) is 17.4. The van der Waals surface area contributed by atoms with Crippen molar-refractivity contribution in [3.63, 3.8) is 0 Å². The minimum atomic E-state index is 0.0421. The molecule has 0 bridgehead atoms. The molecule has 0 fully saturated rings. The molecule has 2 aromatic rings. The predicted molar refractivity (Wildman–Crippen MR) is 113 cm³/mol. The van der Waals surface area contributed by atoms with Crippen molar-refractivity contribution in [1.29, 1.82) is 0 Å². The van der Waals surface area contributed by atoms with Crippen LogP contribution >= 0.6 is 0 Å². The second kappa shape index (κ2) is 7.14. The molecule has 0 N–H and O–H groups in total. The molecule has 0 spiro atoms. The number of hydrogen-bond donors (Lipinski definition) is 0. The van der Waals surface area contributed by atoms with Gasteiger partial charge in [0.2, 0.25) is 0 Å². The topological polar surface area (TPSA) is 23.6 Å². The van der Waals surface area contributed by atoms with Crippen LogP contribution in [-0.2, 0) is 0 Å². The van der Waals surface area contributed by atoms with Gasteiger partial charge in [0.25, 0.3) is 0 Å². The standard InChI is InChI=1S/C23H32N2O/c1-22(2,3)24(7)19-13-9-17(10-14-19)21(26)18-11-15-20(16-12-18)25(8)23(4,5)6/h9-16H,1-8H3. The average Bonchev–Trinajstić information content (AvgIpc) is 2.58. The zero-order chi connectivity index (χ0) is 19.7. The first-order valence-corrected chi connectivity index (χ1v) is 9.14. The summed E-state index contributed by atoms with van der Waals surface area (Å²) in [5.41, 5.74) is 3.73. The van der Waals surface area contributed by atoms with Crippen LogP contribution in [0.3, 0.4) is 0 Å². The van der Waals surface area contributed by atoms with E-state index in [2.05, 4.69) is 65.4 Å². The summed E-state index contributed by atoms with van der Waals surface area (Å²) in [5, 5.41) is 0. The van der Waals surface area contributed by atoms with Crippen LogP contribution in [0, 0.1) is 0 Å². The molecule has 3 heteroatoms. The number of carbonyl (C=O) groups excluding carboxylic acids is 1. The molecule has 2 rings (SSSR count). The van der Waals surface area contributed by atoms with Crippen molar-refractivity contribution >= 4 is 17.2 Å². The van der Waals surface area contributed by atoms with E-state index in [4.69, 9.17) is 0 Å². The Morgan fingerprint density at radius 3 is 1.12 bits per heavy atom. The molecule has 0 saturated heterocycles. The molecule has 0 aliphatic heterocycles. The third-order valence-corrected chi connectivity index (χ3v) is 5.05. The van der Waals surface area contributed by atoms with Gasteiger partial charge in [0, 0.05) is 47.7 Å². The van der Waals surface area contributed by atoms with E-state index in [1.54, 1.807) is 0 Å². The van der Waals surface area contributed by atoms with Crippen LogP contribution in [0.15, 0.2) is 48.5 Å². The van der Waals surface area contributed by atoms with Crippen LogP contribution in [0.5, 0.6) is 0 Å². The van der Waals surface area contributed by atoms with Crippen molar-refractivity contribution in [3.05, 3.63) is 59.7 Å². The third kappa shape index (κ3) is 4.46. The highest BCUT2D eigenvalue weighted by Crippen LogP contribution is 2.25. The first-order chi connectivity index (χ1) is 11.9. The van der Waals surface area contributed by atoms with Gasteiger partial charge >= 0.3 is 0 Å². The Labute approximate surface area is 158 Å². The van der Waals surface area contributed by atoms with Crippen LogP contribution in [0.2, 0.25) is 0 Å². The number of benzene rings is 2. The largest absolute Gasteiger partial charge is 0.370 e. The van der Waals surface area contributed by atoms with E-state index >= 15 is 0 Å². The smallest absolute Gasteiger partial charge is 0.193 e. The van der Waals surface area contributed by atoms with Gasteiger partial charge in [-0.2, -0.15) is 0 Å². The van der Waals surface area contributed by atoms with E-state index in [0.717, 1.165) is 11.4 Å². The van der Waals surface area contributed by atoms with E-state index in [0.29, 0.717) is 11.1 Å². The van der Waals surface area contributed by atoms with Crippen LogP contribution in [0.25, 0.3) is 0 Å². The molecule has 0 aliphatic carbocycles. The van der Waals surface area contributed by atoms with Crippen molar-refractivity contribution < 1.29 is 4.79 Å². The number of rotatable bonds is 4. The Kier molecular flexibility index (Phi) is 5.50. The maximum Gasteiger partial charge on any atom is 0.193 e. The maximum absolute atomic E-state index is 12.8. The summed E-state index contributed by atoms with van der Waals surface area (Å²) in [6, 6.07) is 15.7. The minimum Gasteiger partial charge on any atom is -0.370 e. The Morgan fingerprint density at radius 1 is 0.615 bits per heavy atom. The summed E-state index contributed by atoms with van der Waals surface area (Å²) in [7, 11) is 4.14. The van der Waals surface area contributed by atoms with E-state index in [-0.39, 0.29) is 16.9 Å². The van der Waals surface area contributed by atoms with Gasteiger partial charge in [0.05, 0.1) is 0 Å². The van der Waals surface area contributed by atoms with Crippen molar-refractivity contribution in [2.24, 2.45) is 0 Å². The molecular weight excluding hydrogens is 320 g/mol. The van der Waals surface area contributed by atoms with Gasteiger partial charge < -0.3 is 9.80 Å². The molecule has 0 heterocycles. The van der Waals surface area contributed by atoms with Gasteiger partial charge in [0.15, 0.2) is 5.78 Å². The van der Waals surface area contributed by atoms with Gasteiger partial charge in [-0.3, -0.25) is 4.79 Å². The number of hydrogen-bond acceptors (Lipinski definition) is 3. The SMILES string of the molecule is CN(c1ccc(C(=O)c2ccc(N(C)C(C)(C)C)cc2)cc1)C(C)(C)C. The minimum absolute atomic E-state index is 0.0421. The number of nitrogens with zero attached hydrogens (tertiary/aromatic N) is 2. The first-order valence-electron chi connectivity index (χ1n) is 9.14. The lowest BCUT2D eigenvalue weighted by Crippen LogP contribution is -2.38. The molecule has 0 saturated carbocycles. The maximum atomic E-state index is 12.8. The van der Waals surface area contributed by atoms with Gasteiger partial charge in [-0.1, -0.05) is 0 Å². The zero-order valence-corrected chi connectivity index (χ0v) is 17.4. The first kappa shape index (κ1) is 20.0. The van der Waals surface area contributed by atoms with Crippen molar-refractivity contribution in [1.82, 2.24) is 0 Å².